The molecule has 0 bridgehead atoms. The van der Waals surface area contributed by atoms with Crippen LogP contribution in [0.4, 0.5) is 4.39 Å². The van der Waals surface area contributed by atoms with Crippen LogP contribution in [0, 0.1) is 5.82 Å². The summed E-state index contributed by atoms with van der Waals surface area (Å²) >= 11 is 9.27. The van der Waals surface area contributed by atoms with Gasteiger partial charge in [-0.25, -0.2) is 4.39 Å². The van der Waals surface area contributed by atoms with Crippen LogP contribution in [-0.4, -0.2) is 18.8 Å². The third-order valence-electron chi connectivity index (χ3n) is 3.87. The second kappa shape index (κ2) is 5.81. The van der Waals surface area contributed by atoms with E-state index in [0.29, 0.717) is 15.8 Å². The highest BCUT2D eigenvalue weighted by atomic mass is 79.9. The van der Waals surface area contributed by atoms with E-state index < -0.39 is 17.5 Å². The molecular weight excluding hydrogens is 375 g/mol. The Morgan fingerprint density at radius 3 is 2.68 bits per heavy atom. The van der Waals surface area contributed by atoms with E-state index in [1.54, 1.807) is 0 Å². The van der Waals surface area contributed by atoms with Crippen molar-refractivity contribution in [2.75, 3.05) is 13.7 Å². The molecule has 1 heterocycles. The first kappa shape index (κ1) is 15.7. The maximum absolute atomic E-state index is 13.9. The van der Waals surface area contributed by atoms with Gasteiger partial charge in [-0.2, -0.15) is 0 Å². The van der Waals surface area contributed by atoms with Crippen molar-refractivity contribution < 1.29 is 19.0 Å². The number of rotatable bonds is 3. The van der Waals surface area contributed by atoms with Gasteiger partial charge < -0.3 is 14.6 Å². The Balaban J connectivity index is 2.22. The van der Waals surface area contributed by atoms with E-state index in [9.17, 15) is 9.50 Å². The van der Waals surface area contributed by atoms with Crippen LogP contribution in [0.15, 0.2) is 40.9 Å². The Kier molecular flexibility index (Phi) is 4.16. The molecule has 116 valence electrons. The highest BCUT2D eigenvalue weighted by molar-refractivity contribution is 9.10. The molecule has 0 radical (unpaired) electrons. The molecule has 1 aliphatic rings. The Bertz CT molecular complexity index is 710. The van der Waals surface area contributed by atoms with E-state index in [-0.39, 0.29) is 11.6 Å². The van der Waals surface area contributed by atoms with Gasteiger partial charge in [-0.3, -0.25) is 0 Å². The molecule has 2 atom stereocenters. The number of hydrogen-bond donors (Lipinski definition) is 1. The Morgan fingerprint density at radius 2 is 2.09 bits per heavy atom. The number of benzene rings is 2. The zero-order chi connectivity index (χ0) is 15.9. The largest absolute Gasteiger partial charge is 0.476 e. The molecule has 0 spiro atoms. The predicted octanol–water partition coefficient (Wildman–Crippen LogP) is 4.21. The van der Waals surface area contributed by atoms with Gasteiger partial charge in [0.2, 0.25) is 0 Å². The standard InChI is InChI=1S/C16H13BrClFO3/c1-21-15-12-11(7-10(19)14(18)13(12)17)22-16(15,8-20)9-5-3-2-4-6-9/h2-7,15,20H,8H2,1H3/t15-,16+/m0/s1. The van der Waals surface area contributed by atoms with E-state index >= 15 is 0 Å². The number of ether oxygens (including phenoxy) is 2. The van der Waals surface area contributed by atoms with E-state index in [2.05, 4.69) is 15.9 Å². The van der Waals surface area contributed by atoms with Crippen molar-refractivity contribution in [3.63, 3.8) is 0 Å². The number of aliphatic hydroxyl groups excluding tert-OH is 1. The average molecular weight is 388 g/mol. The van der Waals surface area contributed by atoms with Crippen molar-refractivity contribution in [1.82, 2.24) is 0 Å². The first-order valence-electron chi connectivity index (χ1n) is 6.60. The van der Waals surface area contributed by atoms with Crippen LogP contribution in [0.25, 0.3) is 0 Å². The smallest absolute Gasteiger partial charge is 0.187 e. The van der Waals surface area contributed by atoms with Gasteiger partial charge in [0.05, 0.1) is 11.6 Å². The van der Waals surface area contributed by atoms with Crippen LogP contribution in [0.5, 0.6) is 5.75 Å². The predicted molar refractivity (Wildman–Crippen MR) is 84.7 cm³/mol. The Hall–Kier alpha value is -1.14. The summed E-state index contributed by atoms with van der Waals surface area (Å²) < 4.78 is 25.8. The van der Waals surface area contributed by atoms with Gasteiger partial charge in [0.25, 0.3) is 0 Å². The molecule has 1 N–H and O–H groups in total. The second-order valence-electron chi connectivity index (χ2n) is 5.03. The first-order chi connectivity index (χ1) is 10.5. The van der Waals surface area contributed by atoms with Crippen LogP contribution in [0.3, 0.4) is 0 Å². The summed E-state index contributed by atoms with van der Waals surface area (Å²) in [5.41, 5.74) is 0.189. The molecule has 2 aromatic rings. The molecule has 0 aliphatic carbocycles. The molecule has 0 unspecified atom stereocenters. The lowest BCUT2D eigenvalue weighted by Crippen LogP contribution is -2.39. The highest BCUT2D eigenvalue weighted by Crippen LogP contribution is 2.54. The van der Waals surface area contributed by atoms with E-state index in [4.69, 9.17) is 21.1 Å². The van der Waals surface area contributed by atoms with Crippen LogP contribution in [0.1, 0.15) is 17.2 Å². The van der Waals surface area contributed by atoms with Crippen molar-refractivity contribution in [3.05, 3.63) is 62.8 Å². The van der Waals surface area contributed by atoms with Crippen LogP contribution in [0.2, 0.25) is 5.02 Å². The maximum atomic E-state index is 13.9. The number of hydrogen-bond acceptors (Lipinski definition) is 3. The zero-order valence-electron chi connectivity index (χ0n) is 11.6. The number of halogens is 3. The molecule has 0 fully saturated rings. The summed E-state index contributed by atoms with van der Waals surface area (Å²) in [6.07, 6.45) is -0.623. The summed E-state index contributed by atoms with van der Waals surface area (Å²) in [4.78, 5) is 0. The quantitative estimate of drug-likeness (QED) is 0.802. The lowest BCUT2D eigenvalue weighted by molar-refractivity contribution is -0.0870. The van der Waals surface area contributed by atoms with Gasteiger partial charge in [0.1, 0.15) is 17.7 Å². The minimum Gasteiger partial charge on any atom is -0.476 e. The molecule has 3 rings (SSSR count). The normalized spacial score (nSPS) is 23.2. The summed E-state index contributed by atoms with van der Waals surface area (Å²) in [7, 11) is 1.51. The molecule has 0 aromatic heterocycles. The number of fused-ring (bicyclic) bond motifs is 1. The lowest BCUT2D eigenvalue weighted by atomic mass is 9.87. The summed E-state index contributed by atoms with van der Waals surface area (Å²) in [5, 5.41) is 9.99. The number of aliphatic hydroxyl groups is 1. The fraction of sp³-hybridized carbons (Fsp3) is 0.250. The van der Waals surface area contributed by atoms with Crippen LogP contribution in [-0.2, 0) is 10.3 Å². The van der Waals surface area contributed by atoms with Crippen LogP contribution >= 0.6 is 27.5 Å². The third kappa shape index (κ3) is 2.15. The fourth-order valence-electron chi connectivity index (χ4n) is 2.84. The van der Waals surface area contributed by atoms with Gasteiger partial charge in [0.15, 0.2) is 5.60 Å². The lowest BCUT2D eigenvalue weighted by Gasteiger charge is -2.32. The monoisotopic (exact) mass is 386 g/mol. The van der Waals surface area contributed by atoms with E-state index in [0.717, 1.165) is 5.56 Å². The first-order valence-corrected chi connectivity index (χ1v) is 7.78. The van der Waals surface area contributed by atoms with Gasteiger partial charge in [-0.15, -0.1) is 0 Å². The van der Waals surface area contributed by atoms with Gasteiger partial charge in [-0.1, -0.05) is 41.9 Å². The van der Waals surface area contributed by atoms with Crippen molar-refractivity contribution in [2.24, 2.45) is 0 Å². The minimum atomic E-state index is -1.14. The molecule has 0 saturated heterocycles. The van der Waals surface area contributed by atoms with E-state index in [1.165, 1.54) is 13.2 Å². The summed E-state index contributed by atoms with van der Waals surface area (Å²) in [5.74, 6) is -0.289. The molecule has 2 aromatic carbocycles. The molecular formula is C16H13BrClFO3. The average Bonchev–Trinajstić information content (AvgIpc) is 2.88. The highest BCUT2D eigenvalue weighted by Gasteiger charge is 2.51. The van der Waals surface area contributed by atoms with E-state index in [1.807, 2.05) is 30.3 Å². The zero-order valence-corrected chi connectivity index (χ0v) is 14.0. The molecule has 0 saturated carbocycles. The molecule has 1 aliphatic heterocycles. The van der Waals surface area contributed by atoms with Gasteiger partial charge in [0, 0.05) is 28.8 Å². The minimum absolute atomic E-state index is 0.0359. The molecule has 22 heavy (non-hydrogen) atoms. The maximum Gasteiger partial charge on any atom is 0.187 e. The van der Waals surface area contributed by atoms with Crippen LogP contribution < -0.4 is 4.74 Å². The van der Waals surface area contributed by atoms with Gasteiger partial charge in [-0.05, 0) is 15.9 Å². The van der Waals surface area contributed by atoms with Crippen molar-refractivity contribution in [1.29, 1.82) is 0 Å². The molecule has 0 amide bonds. The molecule has 6 heteroatoms. The Labute approximate surface area is 140 Å². The van der Waals surface area contributed by atoms with Gasteiger partial charge >= 0.3 is 0 Å². The second-order valence-corrected chi connectivity index (χ2v) is 6.20. The summed E-state index contributed by atoms with van der Waals surface area (Å²) in [6.45, 7) is -0.324. The third-order valence-corrected chi connectivity index (χ3v) is 5.29. The SMILES string of the molecule is CO[C@H]1c2c(cc(F)c(Cl)c2Br)O[C@]1(CO)c1ccccc1. The van der Waals surface area contributed by atoms with Crippen molar-refractivity contribution in [2.45, 2.75) is 11.7 Å². The van der Waals surface area contributed by atoms with Crippen molar-refractivity contribution in [3.8, 4) is 5.75 Å². The molecule has 3 nitrogen and oxygen atoms in total. The summed E-state index contributed by atoms with van der Waals surface area (Å²) in [6, 6.07) is 10.4. The topological polar surface area (TPSA) is 38.7 Å². The fourth-order valence-corrected chi connectivity index (χ4v) is 3.59. The van der Waals surface area contributed by atoms with Crippen molar-refractivity contribution >= 4 is 27.5 Å². The number of methoxy groups -OCH3 is 1. The Morgan fingerprint density at radius 1 is 1.41 bits per heavy atom.